The van der Waals surface area contributed by atoms with E-state index < -0.39 is 17.8 Å². The van der Waals surface area contributed by atoms with E-state index in [0.717, 1.165) is 16.8 Å². The number of benzene rings is 1. The highest BCUT2D eigenvalue weighted by Crippen LogP contribution is 2.28. The average molecular weight is 273 g/mol. The van der Waals surface area contributed by atoms with E-state index in [4.69, 9.17) is 0 Å². The van der Waals surface area contributed by atoms with Crippen molar-refractivity contribution in [3.63, 3.8) is 0 Å². The van der Waals surface area contributed by atoms with Gasteiger partial charge in [-0.3, -0.25) is 9.59 Å². The molecule has 0 aliphatic heterocycles. The fraction of sp³-hybridized carbons (Fsp3) is 0.375. The molecule has 0 fully saturated rings. The van der Waals surface area contributed by atoms with Gasteiger partial charge in [0.1, 0.15) is 0 Å². The zero-order valence-electron chi connectivity index (χ0n) is 11.7. The minimum absolute atomic E-state index is 0.214. The Morgan fingerprint density at radius 3 is 2.40 bits per heavy atom. The van der Waals surface area contributed by atoms with Crippen LogP contribution in [0.5, 0.6) is 0 Å². The van der Waals surface area contributed by atoms with Gasteiger partial charge >= 0.3 is 5.97 Å². The predicted molar refractivity (Wildman–Crippen MR) is 77.5 cm³/mol. The molecule has 0 spiro atoms. The number of anilines is 1. The SMILES string of the molecule is Cc1ccc(NC(=O)[C@@H]2CC=CC[C@@H]2C(=O)O)c(C)c1. The Bertz CT molecular complexity index is 563. The Hall–Kier alpha value is -2.10. The number of allylic oxidation sites excluding steroid dienone is 2. The van der Waals surface area contributed by atoms with Gasteiger partial charge in [0, 0.05) is 5.69 Å². The first kappa shape index (κ1) is 14.3. The number of nitrogens with one attached hydrogen (secondary N) is 1. The molecule has 0 aromatic heterocycles. The Kier molecular flexibility index (Phi) is 4.23. The third-order valence-electron chi connectivity index (χ3n) is 3.73. The topological polar surface area (TPSA) is 66.4 Å². The van der Waals surface area contributed by atoms with E-state index in [1.54, 1.807) is 0 Å². The molecule has 1 aromatic rings. The molecule has 0 unspecified atom stereocenters. The van der Waals surface area contributed by atoms with Gasteiger partial charge in [0.05, 0.1) is 11.8 Å². The molecular formula is C16H19NO3. The number of aliphatic carboxylic acids is 1. The van der Waals surface area contributed by atoms with E-state index in [0.29, 0.717) is 12.8 Å². The van der Waals surface area contributed by atoms with Crippen LogP contribution in [0.1, 0.15) is 24.0 Å². The molecule has 4 heteroatoms. The standard InChI is InChI=1S/C16H19NO3/c1-10-7-8-14(11(2)9-10)17-15(18)12-5-3-4-6-13(12)16(19)20/h3-4,7-9,12-13H,5-6H2,1-2H3,(H,17,18)(H,19,20)/t12-,13+/m1/s1. The smallest absolute Gasteiger partial charge is 0.307 e. The lowest BCUT2D eigenvalue weighted by Crippen LogP contribution is -2.34. The van der Waals surface area contributed by atoms with Gasteiger partial charge in [-0.25, -0.2) is 0 Å². The van der Waals surface area contributed by atoms with Crippen LogP contribution in [-0.2, 0) is 9.59 Å². The van der Waals surface area contributed by atoms with Crippen molar-refractivity contribution < 1.29 is 14.7 Å². The van der Waals surface area contributed by atoms with Gasteiger partial charge in [-0.1, -0.05) is 29.8 Å². The quantitative estimate of drug-likeness (QED) is 0.832. The molecule has 20 heavy (non-hydrogen) atoms. The second-order valence-electron chi connectivity index (χ2n) is 5.30. The minimum Gasteiger partial charge on any atom is -0.481 e. The molecule has 1 aromatic carbocycles. The molecule has 0 saturated heterocycles. The van der Waals surface area contributed by atoms with Crippen molar-refractivity contribution in [1.29, 1.82) is 0 Å². The van der Waals surface area contributed by atoms with Crippen molar-refractivity contribution in [2.24, 2.45) is 11.8 Å². The van der Waals surface area contributed by atoms with Crippen LogP contribution in [0.15, 0.2) is 30.4 Å². The second kappa shape index (κ2) is 5.90. The maximum absolute atomic E-state index is 12.3. The first-order valence-corrected chi connectivity index (χ1v) is 6.75. The summed E-state index contributed by atoms with van der Waals surface area (Å²) in [6, 6.07) is 5.78. The summed E-state index contributed by atoms with van der Waals surface area (Å²) < 4.78 is 0. The first-order valence-electron chi connectivity index (χ1n) is 6.75. The minimum atomic E-state index is -0.907. The van der Waals surface area contributed by atoms with Gasteiger partial charge in [0.15, 0.2) is 0 Å². The van der Waals surface area contributed by atoms with Crippen LogP contribution in [0.3, 0.4) is 0 Å². The highest BCUT2D eigenvalue weighted by Gasteiger charge is 2.34. The third kappa shape index (κ3) is 3.07. The second-order valence-corrected chi connectivity index (χ2v) is 5.30. The maximum atomic E-state index is 12.3. The number of carboxylic acids is 1. The summed E-state index contributed by atoms with van der Waals surface area (Å²) in [7, 11) is 0. The van der Waals surface area contributed by atoms with Crippen LogP contribution in [0.2, 0.25) is 0 Å². The van der Waals surface area contributed by atoms with Crippen LogP contribution in [0, 0.1) is 25.7 Å². The van der Waals surface area contributed by atoms with Crippen molar-refractivity contribution in [2.45, 2.75) is 26.7 Å². The molecule has 1 aliphatic carbocycles. The average Bonchev–Trinajstić information content (AvgIpc) is 2.41. The Morgan fingerprint density at radius 2 is 1.80 bits per heavy atom. The monoisotopic (exact) mass is 273 g/mol. The van der Waals surface area contributed by atoms with Gasteiger partial charge in [-0.15, -0.1) is 0 Å². The van der Waals surface area contributed by atoms with Crippen LogP contribution in [0.25, 0.3) is 0 Å². The van der Waals surface area contributed by atoms with Crippen LogP contribution in [-0.4, -0.2) is 17.0 Å². The number of carboxylic acid groups (broad SMARTS) is 1. The largest absolute Gasteiger partial charge is 0.481 e. The lowest BCUT2D eigenvalue weighted by molar-refractivity contribution is -0.146. The molecule has 0 heterocycles. The number of carbonyl (C=O) groups is 2. The number of hydrogen-bond donors (Lipinski definition) is 2. The lowest BCUT2D eigenvalue weighted by Gasteiger charge is -2.24. The summed E-state index contributed by atoms with van der Waals surface area (Å²) in [5.74, 6) is -2.26. The van der Waals surface area contributed by atoms with E-state index in [-0.39, 0.29) is 5.91 Å². The summed E-state index contributed by atoms with van der Waals surface area (Å²) in [5.41, 5.74) is 2.86. The fourth-order valence-electron chi connectivity index (χ4n) is 2.56. The Labute approximate surface area is 118 Å². The number of hydrogen-bond acceptors (Lipinski definition) is 2. The molecule has 4 nitrogen and oxygen atoms in total. The molecule has 2 atom stereocenters. The van der Waals surface area contributed by atoms with Crippen molar-refractivity contribution in [2.75, 3.05) is 5.32 Å². The molecule has 0 saturated carbocycles. The van der Waals surface area contributed by atoms with Crippen molar-refractivity contribution in [3.05, 3.63) is 41.5 Å². The number of amides is 1. The van der Waals surface area contributed by atoms with Gasteiger partial charge in [0.2, 0.25) is 5.91 Å². The predicted octanol–water partition coefficient (Wildman–Crippen LogP) is 2.91. The Morgan fingerprint density at radius 1 is 1.15 bits per heavy atom. The zero-order valence-corrected chi connectivity index (χ0v) is 11.7. The van der Waals surface area contributed by atoms with E-state index in [1.807, 2.05) is 44.2 Å². The van der Waals surface area contributed by atoms with Crippen LogP contribution >= 0.6 is 0 Å². The summed E-state index contributed by atoms with van der Waals surface area (Å²) in [4.78, 5) is 23.5. The number of aryl methyl sites for hydroxylation is 2. The molecular weight excluding hydrogens is 254 g/mol. The summed E-state index contributed by atoms with van der Waals surface area (Å²) in [6.45, 7) is 3.92. The first-order chi connectivity index (χ1) is 9.49. The highest BCUT2D eigenvalue weighted by molar-refractivity contribution is 5.96. The van der Waals surface area contributed by atoms with Gasteiger partial charge in [0.25, 0.3) is 0 Å². The summed E-state index contributed by atoms with van der Waals surface area (Å²) >= 11 is 0. The van der Waals surface area contributed by atoms with Gasteiger partial charge in [-0.2, -0.15) is 0 Å². The fourth-order valence-corrected chi connectivity index (χ4v) is 2.56. The molecule has 0 bridgehead atoms. The van der Waals surface area contributed by atoms with E-state index >= 15 is 0 Å². The zero-order chi connectivity index (χ0) is 14.7. The van der Waals surface area contributed by atoms with Crippen LogP contribution in [0.4, 0.5) is 5.69 Å². The van der Waals surface area contributed by atoms with Gasteiger partial charge < -0.3 is 10.4 Å². The molecule has 1 aliphatic rings. The molecule has 2 N–H and O–H groups in total. The maximum Gasteiger partial charge on any atom is 0.307 e. The van der Waals surface area contributed by atoms with E-state index in [2.05, 4.69) is 5.32 Å². The van der Waals surface area contributed by atoms with Crippen molar-refractivity contribution in [3.8, 4) is 0 Å². The van der Waals surface area contributed by atoms with Crippen molar-refractivity contribution >= 4 is 17.6 Å². The van der Waals surface area contributed by atoms with E-state index in [9.17, 15) is 14.7 Å². The van der Waals surface area contributed by atoms with E-state index in [1.165, 1.54) is 0 Å². The van der Waals surface area contributed by atoms with Gasteiger partial charge in [-0.05, 0) is 38.3 Å². The summed E-state index contributed by atoms with van der Waals surface area (Å²) in [5, 5.41) is 12.1. The number of rotatable bonds is 3. The Balaban J connectivity index is 2.14. The molecule has 1 amide bonds. The number of carbonyl (C=O) groups excluding carboxylic acids is 1. The molecule has 2 rings (SSSR count). The summed E-state index contributed by atoms with van der Waals surface area (Å²) in [6.07, 6.45) is 4.61. The lowest BCUT2D eigenvalue weighted by atomic mass is 9.82. The van der Waals surface area contributed by atoms with Crippen molar-refractivity contribution in [1.82, 2.24) is 0 Å². The molecule has 106 valence electrons. The molecule has 0 radical (unpaired) electrons. The third-order valence-corrected chi connectivity index (χ3v) is 3.73. The normalized spacial score (nSPS) is 21.5. The highest BCUT2D eigenvalue weighted by atomic mass is 16.4. The van der Waals surface area contributed by atoms with Crippen LogP contribution < -0.4 is 5.32 Å².